The lowest BCUT2D eigenvalue weighted by Gasteiger charge is -2.28. The Hall–Kier alpha value is -0.860. The van der Waals surface area contributed by atoms with Gasteiger partial charge in [0.25, 0.3) is 0 Å². The van der Waals surface area contributed by atoms with Crippen LogP contribution in [0.5, 0.6) is 0 Å². The van der Waals surface area contributed by atoms with Crippen LogP contribution >= 0.6 is 0 Å². The third kappa shape index (κ3) is 1.36. The van der Waals surface area contributed by atoms with Gasteiger partial charge in [-0.15, -0.1) is 0 Å². The highest BCUT2D eigenvalue weighted by atomic mass is 16.5. The second-order valence-corrected chi connectivity index (χ2v) is 3.56. The maximum Gasteiger partial charge on any atom is 0.160 e. The van der Waals surface area contributed by atoms with E-state index in [1.807, 2.05) is 18.2 Å². The van der Waals surface area contributed by atoms with Crippen LogP contribution in [-0.2, 0) is 0 Å². The number of rotatable bonds is 2. The van der Waals surface area contributed by atoms with Crippen molar-refractivity contribution < 1.29 is 10.2 Å². The molecule has 2 heteroatoms. The van der Waals surface area contributed by atoms with Crippen LogP contribution < -0.4 is 0 Å². The molecule has 66 valence electrons. The van der Waals surface area contributed by atoms with Gasteiger partial charge >= 0.3 is 0 Å². The van der Waals surface area contributed by atoms with Crippen molar-refractivity contribution >= 4 is 0 Å². The van der Waals surface area contributed by atoms with Gasteiger partial charge in [0.15, 0.2) is 6.29 Å². The fourth-order valence-corrected chi connectivity index (χ4v) is 1.22. The quantitative estimate of drug-likeness (QED) is 0.608. The Morgan fingerprint density at radius 1 is 1.42 bits per heavy atom. The molecule has 0 spiro atoms. The predicted molar refractivity (Wildman–Crippen MR) is 48.4 cm³/mol. The van der Waals surface area contributed by atoms with Crippen molar-refractivity contribution in [3.8, 4) is 0 Å². The summed E-state index contributed by atoms with van der Waals surface area (Å²) in [4.78, 5) is 0. The van der Waals surface area contributed by atoms with Crippen molar-refractivity contribution in [1.29, 1.82) is 0 Å². The highest BCUT2D eigenvalue weighted by Gasteiger charge is 2.32. The van der Waals surface area contributed by atoms with E-state index in [-0.39, 0.29) is 0 Å². The average molecular weight is 166 g/mol. The first kappa shape index (κ1) is 9.23. The topological polar surface area (TPSA) is 40.5 Å². The molecule has 0 aromatic carbocycles. The third-order valence-corrected chi connectivity index (χ3v) is 2.25. The van der Waals surface area contributed by atoms with E-state index < -0.39 is 11.7 Å². The molecule has 0 bridgehead atoms. The summed E-state index contributed by atoms with van der Waals surface area (Å²) < 4.78 is 0. The number of hydrogen-bond acceptors (Lipinski definition) is 2. The fourth-order valence-electron chi connectivity index (χ4n) is 1.22. The summed E-state index contributed by atoms with van der Waals surface area (Å²) in [5, 5.41) is 18.2. The Bertz CT molecular complexity index is 257. The minimum atomic E-state index is -1.35. The van der Waals surface area contributed by atoms with Crippen LogP contribution in [0.1, 0.15) is 13.8 Å². The van der Waals surface area contributed by atoms with E-state index >= 15 is 0 Å². The van der Waals surface area contributed by atoms with Crippen LogP contribution in [0.2, 0.25) is 0 Å². The third-order valence-electron chi connectivity index (χ3n) is 2.25. The summed E-state index contributed by atoms with van der Waals surface area (Å²) in [7, 11) is 0. The lowest BCUT2D eigenvalue weighted by Crippen LogP contribution is -2.30. The lowest BCUT2D eigenvalue weighted by molar-refractivity contribution is -0.105. The van der Waals surface area contributed by atoms with Crippen molar-refractivity contribution in [2.24, 2.45) is 5.41 Å². The van der Waals surface area contributed by atoms with Gasteiger partial charge in [-0.3, -0.25) is 0 Å². The molecule has 0 amide bonds. The van der Waals surface area contributed by atoms with Crippen LogP contribution in [0.4, 0.5) is 0 Å². The first-order chi connectivity index (χ1) is 5.46. The maximum absolute atomic E-state index is 9.10. The molecule has 0 fully saturated rings. The molecule has 2 N–H and O–H groups in total. The smallest absolute Gasteiger partial charge is 0.160 e. The number of hydrogen-bond donors (Lipinski definition) is 2. The maximum atomic E-state index is 9.10. The Kier molecular flexibility index (Phi) is 2.22. The standard InChI is InChI=1S/C10H14O2/c1-7-5-4-6-8(7)10(2,3)9(11)12/h4-6,9,11-12H,1H2,2-3H3. The van der Waals surface area contributed by atoms with Crippen molar-refractivity contribution in [1.82, 2.24) is 0 Å². The van der Waals surface area contributed by atoms with E-state index in [9.17, 15) is 0 Å². The molecule has 0 aromatic heterocycles. The fraction of sp³-hybridized carbons (Fsp3) is 0.400. The van der Waals surface area contributed by atoms with Gasteiger partial charge in [0.1, 0.15) is 0 Å². The van der Waals surface area contributed by atoms with Crippen molar-refractivity contribution in [2.75, 3.05) is 0 Å². The van der Waals surface area contributed by atoms with Gasteiger partial charge in [-0.1, -0.05) is 38.7 Å². The lowest BCUT2D eigenvalue weighted by atomic mass is 9.81. The van der Waals surface area contributed by atoms with Crippen LogP contribution in [0.15, 0.2) is 36.0 Å². The molecule has 0 atom stereocenters. The molecule has 0 aromatic rings. The first-order valence-corrected chi connectivity index (χ1v) is 3.90. The zero-order valence-electron chi connectivity index (χ0n) is 7.41. The van der Waals surface area contributed by atoms with E-state index in [2.05, 4.69) is 6.58 Å². The van der Waals surface area contributed by atoms with Crippen LogP contribution in [0, 0.1) is 5.41 Å². The van der Waals surface area contributed by atoms with Crippen molar-refractivity contribution in [3.63, 3.8) is 0 Å². The summed E-state index contributed by atoms with van der Waals surface area (Å²) >= 11 is 0. The van der Waals surface area contributed by atoms with Crippen LogP contribution in [0.3, 0.4) is 0 Å². The highest BCUT2D eigenvalue weighted by Crippen LogP contribution is 2.36. The van der Waals surface area contributed by atoms with Crippen molar-refractivity contribution in [3.05, 3.63) is 36.0 Å². The molecule has 1 aliphatic rings. The minimum Gasteiger partial charge on any atom is -0.367 e. The number of aliphatic hydroxyl groups excluding tert-OH is 1. The van der Waals surface area contributed by atoms with Crippen LogP contribution in [-0.4, -0.2) is 16.5 Å². The van der Waals surface area contributed by atoms with E-state index in [4.69, 9.17) is 10.2 Å². The normalized spacial score (nSPS) is 17.4. The molecular formula is C10H14O2. The summed E-state index contributed by atoms with van der Waals surface area (Å²) in [6.45, 7) is 7.37. The van der Waals surface area contributed by atoms with Gasteiger partial charge in [0.2, 0.25) is 0 Å². The second-order valence-electron chi connectivity index (χ2n) is 3.56. The zero-order valence-corrected chi connectivity index (χ0v) is 7.41. The van der Waals surface area contributed by atoms with E-state index in [0.29, 0.717) is 0 Å². The number of aliphatic hydroxyl groups is 2. The van der Waals surface area contributed by atoms with Gasteiger partial charge in [-0.05, 0) is 11.1 Å². The van der Waals surface area contributed by atoms with Crippen molar-refractivity contribution in [2.45, 2.75) is 20.1 Å². The molecule has 1 rings (SSSR count). The summed E-state index contributed by atoms with van der Waals surface area (Å²) in [6.07, 6.45) is 4.24. The van der Waals surface area contributed by atoms with Crippen LogP contribution in [0.25, 0.3) is 0 Å². The Balaban J connectivity index is 2.91. The molecule has 1 aliphatic carbocycles. The molecular weight excluding hydrogens is 152 g/mol. The Morgan fingerprint density at radius 3 is 2.33 bits per heavy atom. The second kappa shape index (κ2) is 2.88. The molecule has 0 saturated heterocycles. The monoisotopic (exact) mass is 166 g/mol. The summed E-state index contributed by atoms with van der Waals surface area (Å²) in [5.74, 6) is 0. The molecule has 0 heterocycles. The summed E-state index contributed by atoms with van der Waals surface area (Å²) in [5.41, 5.74) is 1.10. The largest absolute Gasteiger partial charge is 0.367 e. The summed E-state index contributed by atoms with van der Waals surface area (Å²) in [6, 6.07) is 0. The van der Waals surface area contributed by atoms with Gasteiger partial charge in [0, 0.05) is 5.41 Å². The predicted octanol–water partition coefficient (Wildman–Crippen LogP) is 1.38. The Morgan fingerprint density at radius 2 is 2.00 bits per heavy atom. The van der Waals surface area contributed by atoms with Gasteiger partial charge in [-0.2, -0.15) is 0 Å². The molecule has 0 aliphatic heterocycles. The molecule has 0 radical (unpaired) electrons. The molecule has 0 unspecified atom stereocenters. The zero-order chi connectivity index (χ0) is 9.35. The van der Waals surface area contributed by atoms with E-state index in [0.717, 1.165) is 11.1 Å². The molecule has 12 heavy (non-hydrogen) atoms. The average Bonchev–Trinajstić information content (AvgIpc) is 2.35. The van der Waals surface area contributed by atoms with Gasteiger partial charge < -0.3 is 10.2 Å². The minimum absolute atomic E-state index is 0.638. The highest BCUT2D eigenvalue weighted by molar-refractivity contribution is 5.49. The van der Waals surface area contributed by atoms with E-state index in [1.54, 1.807) is 13.8 Å². The Labute approximate surface area is 72.5 Å². The molecule has 2 nitrogen and oxygen atoms in total. The van der Waals surface area contributed by atoms with Gasteiger partial charge in [-0.25, -0.2) is 0 Å². The molecule has 0 saturated carbocycles. The van der Waals surface area contributed by atoms with E-state index in [1.165, 1.54) is 0 Å². The number of allylic oxidation sites excluding steroid dienone is 4. The first-order valence-electron chi connectivity index (χ1n) is 3.90. The van der Waals surface area contributed by atoms with Gasteiger partial charge in [0.05, 0.1) is 0 Å². The SMILES string of the molecule is C=C1C=CC=C1C(C)(C)C(O)O.